The van der Waals surface area contributed by atoms with Crippen LogP contribution in [0.5, 0.6) is 0 Å². The molecule has 1 heterocycles. The Kier molecular flexibility index (Phi) is 6.38. The van der Waals surface area contributed by atoms with Crippen LogP contribution >= 0.6 is 0 Å². The minimum absolute atomic E-state index is 0.0845. The van der Waals surface area contributed by atoms with Gasteiger partial charge in [0.1, 0.15) is 5.82 Å². The second-order valence-electron chi connectivity index (χ2n) is 7.21. The van der Waals surface area contributed by atoms with E-state index < -0.39 is 15.8 Å². The zero-order valence-electron chi connectivity index (χ0n) is 17.1. The lowest BCUT2D eigenvalue weighted by Crippen LogP contribution is -2.36. The summed E-state index contributed by atoms with van der Waals surface area (Å²) in [5, 5.41) is 2.75. The Balaban J connectivity index is 1.49. The highest BCUT2D eigenvalue weighted by molar-refractivity contribution is 7.92. The van der Waals surface area contributed by atoms with Gasteiger partial charge in [-0.3, -0.25) is 9.52 Å². The number of morpholine rings is 1. The van der Waals surface area contributed by atoms with Gasteiger partial charge >= 0.3 is 0 Å². The summed E-state index contributed by atoms with van der Waals surface area (Å²) in [4.78, 5) is 14.9. The fourth-order valence-electron chi connectivity index (χ4n) is 3.34. The van der Waals surface area contributed by atoms with Crippen LogP contribution in [0.4, 0.5) is 21.5 Å². The highest BCUT2D eigenvalue weighted by Gasteiger charge is 2.18. The third-order valence-corrected chi connectivity index (χ3v) is 6.43. The van der Waals surface area contributed by atoms with Crippen LogP contribution in [0.3, 0.4) is 0 Å². The Labute approximate surface area is 185 Å². The number of benzene rings is 3. The lowest BCUT2D eigenvalue weighted by atomic mass is 10.1. The van der Waals surface area contributed by atoms with Crippen molar-refractivity contribution in [3.8, 4) is 0 Å². The maximum absolute atomic E-state index is 13.1. The van der Waals surface area contributed by atoms with E-state index in [4.69, 9.17) is 4.74 Å². The van der Waals surface area contributed by atoms with E-state index in [2.05, 4.69) is 14.9 Å². The first-order valence-electron chi connectivity index (χ1n) is 10.0. The van der Waals surface area contributed by atoms with Gasteiger partial charge in [-0.15, -0.1) is 0 Å². The summed E-state index contributed by atoms with van der Waals surface area (Å²) in [7, 11) is -3.95. The van der Waals surface area contributed by atoms with Crippen LogP contribution in [0.25, 0.3) is 0 Å². The Morgan fingerprint density at radius 1 is 0.875 bits per heavy atom. The van der Waals surface area contributed by atoms with Crippen molar-refractivity contribution in [1.29, 1.82) is 0 Å². The number of hydrogen-bond donors (Lipinski definition) is 2. The molecular weight excluding hydrogens is 433 g/mol. The third-order valence-electron chi connectivity index (χ3n) is 5.05. The minimum atomic E-state index is -3.95. The first-order chi connectivity index (χ1) is 15.4. The summed E-state index contributed by atoms with van der Waals surface area (Å²) in [5.41, 5.74) is 1.96. The first kappa shape index (κ1) is 21.8. The van der Waals surface area contributed by atoms with Crippen LogP contribution in [0.1, 0.15) is 10.4 Å². The smallest absolute Gasteiger partial charge is 0.261 e. The van der Waals surface area contributed by atoms with Crippen LogP contribution < -0.4 is 14.9 Å². The van der Waals surface area contributed by atoms with Crippen LogP contribution in [0.15, 0.2) is 77.7 Å². The summed E-state index contributed by atoms with van der Waals surface area (Å²) >= 11 is 0. The molecular formula is C23H22FN3O4S. The van der Waals surface area contributed by atoms with Gasteiger partial charge in [0.25, 0.3) is 15.9 Å². The lowest BCUT2D eigenvalue weighted by Gasteiger charge is -2.28. The number of hydrogen-bond acceptors (Lipinski definition) is 5. The Morgan fingerprint density at radius 2 is 1.50 bits per heavy atom. The predicted octanol–water partition coefficient (Wildman–Crippen LogP) is 3.72. The number of carbonyl (C=O) groups is 1. The van der Waals surface area contributed by atoms with Gasteiger partial charge in [0.05, 0.1) is 29.5 Å². The Bertz CT molecular complexity index is 1190. The molecule has 0 radical (unpaired) electrons. The SMILES string of the molecule is O=C(Nc1ccccc1NS(=O)(=O)c1ccc(F)cc1)c1ccc(N2CCOCC2)cc1. The monoisotopic (exact) mass is 455 g/mol. The molecule has 2 N–H and O–H groups in total. The molecule has 1 aliphatic heterocycles. The van der Waals surface area contributed by atoms with E-state index in [1.807, 2.05) is 12.1 Å². The molecule has 0 saturated carbocycles. The van der Waals surface area contributed by atoms with Crippen LogP contribution in [-0.2, 0) is 14.8 Å². The standard InChI is InChI=1S/C23H22FN3O4S/c24-18-7-11-20(12-8-18)32(29,30)26-22-4-2-1-3-21(22)25-23(28)17-5-9-19(10-6-17)27-13-15-31-16-14-27/h1-12,26H,13-16H2,(H,25,28). The summed E-state index contributed by atoms with van der Waals surface area (Å²) in [6, 6.07) is 18.2. The lowest BCUT2D eigenvalue weighted by molar-refractivity contribution is 0.102. The molecule has 166 valence electrons. The molecule has 9 heteroatoms. The van der Waals surface area contributed by atoms with E-state index in [9.17, 15) is 17.6 Å². The van der Waals surface area contributed by atoms with Crippen LogP contribution in [0, 0.1) is 5.82 Å². The fraction of sp³-hybridized carbons (Fsp3) is 0.174. The van der Waals surface area contributed by atoms with Crippen molar-refractivity contribution in [1.82, 2.24) is 0 Å². The topological polar surface area (TPSA) is 87.7 Å². The minimum Gasteiger partial charge on any atom is -0.378 e. The van der Waals surface area contributed by atoms with E-state index in [-0.39, 0.29) is 16.5 Å². The molecule has 1 saturated heterocycles. The molecule has 7 nitrogen and oxygen atoms in total. The second-order valence-corrected chi connectivity index (χ2v) is 8.89. The molecule has 3 aromatic carbocycles. The summed E-state index contributed by atoms with van der Waals surface area (Å²) in [5.74, 6) is -0.900. The Hall–Kier alpha value is -3.43. The number of para-hydroxylation sites is 2. The number of amides is 1. The van der Waals surface area contributed by atoms with Gasteiger partial charge in [-0.05, 0) is 60.7 Å². The average Bonchev–Trinajstić information content (AvgIpc) is 2.81. The van der Waals surface area contributed by atoms with E-state index in [0.29, 0.717) is 24.5 Å². The Morgan fingerprint density at radius 3 is 2.16 bits per heavy atom. The summed E-state index contributed by atoms with van der Waals surface area (Å²) in [6.07, 6.45) is 0. The predicted molar refractivity (Wildman–Crippen MR) is 121 cm³/mol. The summed E-state index contributed by atoms with van der Waals surface area (Å²) in [6.45, 7) is 2.94. The van der Waals surface area contributed by atoms with Gasteiger partial charge in [-0.25, -0.2) is 12.8 Å². The molecule has 4 rings (SSSR count). The van der Waals surface area contributed by atoms with Crippen molar-refractivity contribution in [2.45, 2.75) is 4.90 Å². The molecule has 0 aromatic heterocycles. The van der Waals surface area contributed by atoms with Gasteiger partial charge in [0.15, 0.2) is 0 Å². The van der Waals surface area contributed by atoms with Crippen molar-refractivity contribution >= 4 is 33.0 Å². The second kappa shape index (κ2) is 9.37. The van der Waals surface area contributed by atoms with Crippen molar-refractivity contribution in [2.75, 3.05) is 41.2 Å². The van der Waals surface area contributed by atoms with Crippen molar-refractivity contribution in [2.24, 2.45) is 0 Å². The number of nitrogens with zero attached hydrogens (tertiary/aromatic N) is 1. The number of carbonyl (C=O) groups excluding carboxylic acids is 1. The van der Waals surface area contributed by atoms with Crippen LogP contribution in [-0.4, -0.2) is 40.6 Å². The highest BCUT2D eigenvalue weighted by Crippen LogP contribution is 2.25. The van der Waals surface area contributed by atoms with Gasteiger partial charge in [-0.2, -0.15) is 0 Å². The summed E-state index contributed by atoms with van der Waals surface area (Å²) < 4.78 is 46.2. The van der Waals surface area contributed by atoms with Gasteiger partial charge in [0.2, 0.25) is 0 Å². The maximum Gasteiger partial charge on any atom is 0.261 e. The number of halogens is 1. The maximum atomic E-state index is 13.1. The van der Waals surface area contributed by atoms with E-state index in [1.165, 1.54) is 18.2 Å². The first-order valence-corrected chi connectivity index (χ1v) is 11.5. The molecule has 0 atom stereocenters. The average molecular weight is 456 g/mol. The third kappa shape index (κ3) is 5.06. The van der Waals surface area contributed by atoms with Crippen molar-refractivity contribution in [3.05, 3.63) is 84.2 Å². The zero-order chi connectivity index (χ0) is 22.6. The molecule has 32 heavy (non-hydrogen) atoms. The van der Waals surface area contributed by atoms with Crippen molar-refractivity contribution in [3.63, 3.8) is 0 Å². The molecule has 0 unspecified atom stereocenters. The number of ether oxygens (including phenoxy) is 1. The molecule has 1 fully saturated rings. The molecule has 0 spiro atoms. The zero-order valence-corrected chi connectivity index (χ0v) is 17.9. The van der Waals surface area contributed by atoms with E-state index in [1.54, 1.807) is 30.3 Å². The highest BCUT2D eigenvalue weighted by atomic mass is 32.2. The fourth-order valence-corrected chi connectivity index (χ4v) is 4.42. The number of nitrogens with one attached hydrogen (secondary N) is 2. The molecule has 1 amide bonds. The van der Waals surface area contributed by atoms with Gasteiger partial charge in [0, 0.05) is 24.3 Å². The number of rotatable bonds is 6. The number of sulfonamides is 1. The molecule has 3 aromatic rings. The van der Waals surface area contributed by atoms with Gasteiger partial charge < -0.3 is 15.0 Å². The normalized spacial score (nSPS) is 14.1. The van der Waals surface area contributed by atoms with E-state index >= 15 is 0 Å². The van der Waals surface area contributed by atoms with Crippen LogP contribution in [0.2, 0.25) is 0 Å². The molecule has 1 aliphatic rings. The number of anilines is 3. The van der Waals surface area contributed by atoms with Gasteiger partial charge in [-0.1, -0.05) is 12.1 Å². The molecule has 0 aliphatic carbocycles. The quantitative estimate of drug-likeness (QED) is 0.592. The van der Waals surface area contributed by atoms with E-state index in [0.717, 1.165) is 30.9 Å². The van der Waals surface area contributed by atoms with Crippen molar-refractivity contribution < 1.29 is 22.3 Å². The largest absolute Gasteiger partial charge is 0.378 e. The molecule has 0 bridgehead atoms.